The minimum Gasteiger partial charge on any atom is -0.494 e. The number of carboxylic acid groups (broad SMARTS) is 1. The normalized spacial score (nSPS) is 10.6. The molecule has 1 aromatic heterocycles. The molecule has 3 rings (SSSR count). The number of fused-ring (bicyclic) bond motifs is 1. The first-order chi connectivity index (χ1) is 15.3. The Balaban J connectivity index is 2.08. The van der Waals surface area contributed by atoms with Crippen LogP contribution in [0.2, 0.25) is 0 Å². The summed E-state index contributed by atoms with van der Waals surface area (Å²) in [6.45, 7) is 0. The largest absolute Gasteiger partial charge is 0.494 e. The summed E-state index contributed by atoms with van der Waals surface area (Å²) in [5.74, 6) is -2.46. The number of nitrogens with one attached hydrogen (secondary N) is 1. The number of benzene rings is 2. The van der Waals surface area contributed by atoms with Crippen LogP contribution in [0.1, 0.15) is 34.3 Å². The second kappa shape index (κ2) is 9.86. The molecule has 0 unspecified atom stereocenters. The number of hydrogen-bond donors (Lipinski definition) is 2. The number of carbonyl (C=O) groups is 3. The molecule has 1 heterocycles. The average Bonchev–Trinajstić information content (AvgIpc) is 2.78. The monoisotopic (exact) mass is 440 g/mol. The Kier molecular flexibility index (Phi) is 6.99. The summed E-state index contributed by atoms with van der Waals surface area (Å²) in [5.41, 5.74) is 2.29. The maximum atomic E-state index is 13.2. The van der Waals surface area contributed by atoms with Crippen molar-refractivity contribution in [2.45, 2.75) is 19.3 Å². The number of carboxylic acids is 1. The van der Waals surface area contributed by atoms with Gasteiger partial charge in [0.15, 0.2) is 5.75 Å². The van der Waals surface area contributed by atoms with Gasteiger partial charge in [0.1, 0.15) is 16.9 Å². The standard InChI is InChI=1S/C23H21FN2O6/c1-31-22-17(23(30)32-2)11-18(26-19(27)7-8-20(28)29)16-10-14(12-25-21(16)22)9-13-3-5-15(24)6-4-13/h3-6,10-12H,7-9H2,1-2H3,(H,26,27)(H,28,29). The molecule has 0 saturated heterocycles. The van der Waals surface area contributed by atoms with Gasteiger partial charge >= 0.3 is 11.9 Å². The first kappa shape index (κ1) is 22.7. The van der Waals surface area contributed by atoms with Crippen molar-refractivity contribution < 1.29 is 33.4 Å². The molecule has 2 aromatic carbocycles. The van der Waals surface area contributed by atoms with Crippen LogP contribution in [-0.2, 0) is 20.7 Å². The zero-order valence-corrected chi connectivity index (χ0v) is 17.5. The predicted molar refractivity (Wildman–Crippen MR) is 114 cm³/mol. The van der Waals surface area contributed by atoms with Crippen LogP contribution in [0.5, 0.6) is 5.75 Å². The number of pyridine rings is 1. The number of methoxy groups -OCH3 is 2. The number of carbonyl (C=O) groups excluding carboxylic acids is 2. The molecule has 32 heavy (non-hydrogen) atoms. The maximum Gasteiger partial charge on any atom is 0.341 e. The van der Waals surface area contributed by atoms with E-state index in [1.807, 2.05) is 0 Å². The third-order valence-electron chi connectivity index (χ3n) is 4.75. The lowest BCUT2D eigenvalue weighted by Crippen LogP contribution is -2.15. The smallest absolute Gasteiger partial charge is 0.341 e. The number of anilines is 1. The summed E-state index contributed by atoms with van der Waals surface area (Å²) in [4.78, 5) is 39.8. The van der Waals surface area contributed by atoms with Gasteiger partial charge in [0.05, 0.1) is 26.3 Å². The van der Waals surface area contributed by atoms with E-state index in [1.165, 1.54) is 32.4 Å². The summed E-state index contributed by atoms with van der Waals surface area (Å²) in [6.07, 6.45) is 1.49. The third kappa shape index (κ3) is 5.18. The van der Waals surface area contributed by atoms with Crippen molar-refractivity contribution in [1.29, 1.82) is 0 Å². The van der Waals surface area contributed by atoms with E-state index in [2.05, 4.69) is 10.3 Å². The Morgan fingerprint density at radius 3 is 2.41 bits per heavy atom. The van der Waals surface area contributed by atoms with Crippen LogP contribution in [0.3, 0.4) is 0 Å². The van der Waals surface area contributed by atoms with E-state index < -0.39 is 17.8 Å². The minimum absolute atomic E-state index is 0.0646. The second-order valence-electron chi connectivity index (χ2n) is 6.98. The number of aliphatic carboxylic acids is 1. The van der Waals surface area contributed by atoms with Gasteiger partial charge in [-0.25, -0.2) is 9.18 Å². The number of hydrogen-bond acceptors (Lipinski definition) is 6. The topological polar surface area (TPSA) is 115 Å². The highest BCUT2D eigenvalue weighted by molar-refractivity contribution is 6.09. The van der Waals surface area contributed by atoms with Crippen molar-refractivity contribution in [1.82, 2.24) is 4.98 Å². The van der Waals surface area contributed by atoms with Crippen molar-refractivity contribution in [3.63, 3.8) is 0 Å². The van der Waals surface area contributed by atoms with E-state index in [0.29, 0.717) is 17.3 Å². The lowest BCUT2D eigenvalue weighted by atomic mass is 10.0. The van der Waals surface area contributed by atoms with Crippen molar-refractivity contribution in [3.05, 3.63) is 65.1 Å². The summed E-state index contributed by atoms with van der Waals surface area (Å²) in [7, 11) is 2.61. The maximum absolute atomic E-state index is 13.2. The van der Waals surface area contributed by atoms with Crippen LogP contribution >= 0.6 is 0 Å². The Labute approximate surface area is 183 Å². The quantitative estimate of drug-likeness (QED) is 0.515. The van der Waals surface area contributed by atoms with Crippen LogP contribution in [0.25, 0.3) is 10.9 Å². The minimum atomic E-state index is -1.10. The molecular weight excluding hydrogens is 419 g/mol. The number of esters is 1. The Morgan fingerprint density at radius 2 is 1.78 bits per heavy atom. The van der Waals surface area contributed by atoms with Gasteiger partial charge in [-0.15, -0.1) is 0 Å². The number of nitrogens with zero attached hydrogens (tertiary/aromatic N) is 1. The fourth-order valence-corrected chi connectivity index (χ4v) is 3.25. The fourth-order valence-electron chi connectivity index (χ4n) is 3.25. The summed E-state index contributed by atoms with van der Waals surface area (Å²) in [5, 5.41) is 12.0. The zero-order valence-electron chi connectivity index (χ0n) is 17.5. The van der Waals surface area contributed by atoms with Crippen LogP contribution in [0.15, 0.2) is 42.6 Å². The van der Waals surface area contributed by atoms with E-state index in [0.717, 1.165) is 11.1 Å². The summed E-state index contributed by atoms with van der Waals surface area (Å²) >= 11 is 0. The zero-order chi connectivity index (χ0) is 23.3. The van der Waals surface area contributed by atoms with Gasteiger partial charge in [-0.2, -0.15) is 0 Å². The first-order valence-electron chi connectivity index (χ1n) is 9.66. The van der Waals surface area contributed by atoms with Gasteiger partial charge in [-0.3, -0.25) is 14.6 Å². The molecule has 0 spiro atoms. The molecule has 1 amide bonds. The van der Waals surface area contributed by atoms with E-state index in [1.54, 1.807) is 24.4 Å². The Morgan fingerprint density at radius 1 is 1.06 bits per heavy atom. The lowest BCUT2D eigenvalue weighted by molar-refractivity contribution is -0.138. The molecule has 0 aliphatic rings. The number of amides is 1. The van der Waals surface area contributed by atoms with Gasteiger partial charge in [0, 0.05) is 18.0 Å². The molecule has 0 saturated carbocycles. The van der Waals surface area contributed by atoms with Crippen LogP contribution < -0.4 is 10.1 Å². The number of halogens is 1. The van der Waals surface area contributed by atoms with Crippen LogP contribution in [-0.4, -0.2) is 42.2 Å². The Bertz CT molecular complexity index is 1180. The molecule has 2 N–H and O–H groups in total. The molecule has 0 atom stereocenters. The molecule has 0 fully saturated rings. The molecule has 166 valence electrons. The number of ether oxygens (including phenoxy) is 2. The molecule has 9 heteroatoms. The fraction of sp³-hybridized carbons (Fsp3) is 0.217. The molecule has 0 aliphatic heterocycles. The lowest BCUT2D eigenvalue weighted by Gasteiger charge is -2.15. The molecule has 0 aliphatic carbocycles. The van der Waals surface area contributed by atoms with Crippen LogP contribution in [0, 0.1) is 5.82 Å². The van der Waals surface area contributed by atoms with Gasteiger partial charge < -0.3 is 19.9 Å². The average molecular weight is 440 g/mol. The SMILES string of the molecule is COC(=O)c1cc(NC(=O)CCC(=O)O)c2cc(Cc3ccc(F)cc3)cnc2c1OC. The van der Waals surface area contributed by atoms with Gasteiger partial charge in [0.25, 0.3) is 0 Å². The molecule has 8 nitrogen and oxygen atoms in total. The van der Waals surface area contributed by atoms with Crippen molar-refractivity contribution in [2.24, 2.45) is 0 Å². The van der Waals surface area contributed by atoms with Gasteiger partial charge in [-0.1, -0.05) is 12.1 Å². The summed E-state index contributed by atoms with van der Waals surface area (Å²) in [6, 6.07) is 9.24. The predicted octanol–water partition coefficient (Wildman–Crippen LogP) is 3.56. The third-order valence-corrected chi connectivity index (χ3v) is 4.75. The van der Waals surface area contributed by atoms with Crippen molar-refractivity contribution in [2.75, 3.05) is 19.5 Å². The highest BCUT2D eigenvalue weighted by Gasteiger charge is 2.21. The highest BCUT2D eigenvalue weighted by Crippen LogP contribution is 2.35. The van der Waals surface area contributed by atoms with Crippen molar-refractivity contribution in [3.8, 4) is 5.75 Å². The van der Waals surface area contributed by atoms with Gasteiger partial charge in [-0.05, 0) is 41.8 Å². The number of aromatic nitrogens is 1. The van der Waals surface area contributed by atoms with Gasteiger partial charge in [0.2, 0.25) is 5.91 Å². The molecular formula is C23H21FN2O6. The summed E-state index contributed by atoms with van der Waals surface area (Å²) < 4.78 is 23.4. The molecule has 0 radical (unpaired) electrons. The van der Waals surface area contributed by atoms with E-state index >= 15 is 0 Å². The number of rotatable bonds is 8. The van der Waals surface area contributed by atoms with Crippen molar-refractivity contribution >= 4 is 34.4 Å². The van der Waals surface area contributed by atoms with E-state index in [-0.39, 0.29) is 35.7 Å². The van der Waals surface area contributed by atoms with E-state index in [4.69, 9.17) is 14.6 Å². The van der Waals surface area contributed by atoms with E-state index in [9.17, 15) is 18.8 Å². The highest BCUT2D eigenvalue weighted by atomic mass is 19.1. The molecule has 3 aromatic rings. The second-order valence-corrected chi connectivity index (χ2v) is 6.98. The van der Waals surface area contributed by atoms with Crippen LogP contribution in [0.4, 0.5) is 10.1 Å². The Hall–Kier alpha value is -4.01. The first-order valence-corrected chi connectivity index (χ1v) is 9.66. The molecule has 0 bridgehead atoms.